The van der Waals surface area contributed by atoms with E-state index in [1.165, 1.54) is 24.0 Å². The zero-order chi connectivity index (χ0) is 20.3. The van der Waals surface area contributed by atoms with Gasteiger partial charge in [0, 0.05) is 45.9 Å². The molecule has 3 N–H and O–H groups in total. The fraction of sp³-hybridized carbons (Fsp3) is 0.696. The van der Waals surface area contributed by atoms with Gasteiger partial charge in [-0.2, -0.15) is 0 Å². The number of likely N-dealkylation sites (tertiary alicyclic amines) is 1. The number of benzene rings is 1. The molecule has 0 radical (unpaired) electrons. The SMILES string of the molecule is CCNC(=NCc1ccc(CN2CCC(O)CC2)cc1)NCCCOCC1CC1. The zero-order valence-electron chi connectivity index (χ0n) is 17.9. The molecule has 0 aromatic heterocycles. The Morgan fingerprint density at radius 2 is 1.83 bits per heavy atom. The van der Waals surface area contributed by atoms with Gasteiger partial charge in [-0.3, -0.25) is 4.90 Å². The van der Waals surface area contributed by atoms with E-state index in [0.717, 1.165) is 77.1 Å². The van der Waals surface area contributed by atoms with E-state index >= 15 is 0 Å². The Bertz CT molecular complexity index is 608. The van der Waals surface area contributed by atoms with Crippen LogP contribution in [-0.2, 0) is 17.8 Å². The minimum atomic E-state index is -0.110. The van der Waals surface area contributed by atoms with Gasteiger partial charge in [-0.25, -0.2) is 4.99 Å². The lowest BCUT2D eigenvalue weighted by atomic mass is 10.1. The lowest BCUT2D eigenvalue weighted by Crippen LogP contribution is -2.38. The van der Waals surface area contributed by atoms with E-state index in [1.54, 1.807) is 0 Å². The first kappa shape index (κ1) is 22.1. The number of aliphatic imine (C=N–C) groups is 1. The molecule has 6 heteroatoms. The third-order valence-corrected chi connectivity index (χ3v) is 5.56. The summed E-state index contributed by atoms with van der Waals surface area (Å²) in [4.78, 5) is 7.13. The Labute approximate surface area is 175 Å². The molecule has 0 spiro atoms. The minimum Gasteiger partial charge on any atom is -0.393 e. The molecule has 2 aliphatic rings. The maximum atomic E-state index is 9.63. The van der Waals surface area contributed by atoms with E-state index in [2.05, 4.69) is 46.7 Å². The van der Waals surface area contributed by atoms with Gasteiger partial charge in [0.15, 0.2) is 5.96 Å². The Balaban J connectivity index is 1.37. The van der Waals surface area contributed by atoms with Gasteiger partial charge >= 0.3 is 0 Å². The second-order valence-electron chi connectivity index (χ2n) is 8.32. The van der Waals surface area contributed by atoms with Crippen LogP contribution in [0, 0.1) is 5.92 Å². The molecule has 1 saturated heterocycles. The number of ether oxygens (including phenoxy) is 1. The van der Waals surface area contributed by atoms with E-state index in [1.807, 2.05) is 0 Å². The van der Waals surface area contributed by atoms with Crippen LogP contribution in [0.2, 0.25) is 0 Å². The van der Waals surface area contributed by atoms with E-state index < -0.39 is 0 Å². The molecular weight excluding hydrogens is 364 g/mol. The summed E-state index contributed by atoms with van der Waals surface area (Å²) in [7, 11) is 0. The Kier molecular flexibility index (Phi) is 9.25. The molecule has 1 aromatic carbocycles. The molecule has 0 bridgehead atoms. The molecule has 3 rings (SSSR count). The van der Waals surface area contributed by atoms with Crippen LogP contribution in [0.3, 0.4) is 0 Å². The van der Waals surface area contributed by atoms with Crippen LogP contribution in [0.25, 0.3) is 0 Å². The molecule has 0 amide bonds. The fourth-order valence-corrected chi connectivity index (χ4v) is 3.51. The van der Waals surface area contributed by atoms with Crippen LogP contribution in [0.5, 0.6) is 0 Å². The third kappa shape index (κ3) is 8.72. The molecule has 6 nitrogen and oxygen atoms in total. The highest BCUT2D eigenvalue weighted by molar-refractivity contribution is 5.79. The van der Waals surface area contributed by atoms with Crippen molar-refractivity contribution in [2.24, 2.45) is 10.9 Å². The Hall–Kier alpha value is -1.63. The molecule has 29 heavy (non-hydrogen) atoms. The molecule has 1 heterocycles. The molecule has 1 aromatic rings. The second-order valence-corrected chi connectivity index (χ2v) is 8.32. The summed E-state index contributed by atoms with van der Waals surface area (Å²) >= 11 is 0. The van der Waals surface area contributed by atoms with E-state index in [-0.39, 0.29) is 6.10 Å². The van der Waals surface area contributed by atoms with Gasteiger partial charge in [-0.15, -0.1) is 0 Å². The van der Waals surface area contributed by atoms with Gasteiger partial charge < -0.3 is 20.5 Å². The third-order valence-electron chi connectivity index (χ3n) is 5.56. The summed E-state index contributed by atoms with van der Waals surface area (Å²) in [5.41, 5.74) is 2.54. The smallest absolute Gasteiger partial charge is 0.191 e. The summed E-state index contributed by atoms with van der Waals surface area (Å²) in [6.45, 7) is 9.17. The number of nitrogens with zero attached hydrogens (tertiary/aromatic N) is 2. The quantitative estimate of drug-likeness (QED) is 0.301. The summed E-state index contributed by atoms with van der Waals surface area (Å²) < 4.78 is 5.68. The Morgan fingerprint density at radius 1 is 1.10 bits per heavy atom. The summed E-state index contributed by atoms with van der Waals surface area (Å²) in [6.07, 6.45) is 5.36. The van der Waals surface area contributed by atoms with Crippen LogP contribution in [-0.4, -0.2) is 61.5 Å². The number of hydrogen-bond donors (Lipinski definition) is 3. The highest BCUT2D eigenvalue weighted by Crippen LogP contribution is 2.28. The number of rotatable bonds is 11. The molecule has 1 aliphatic carbocycles. The van der Waals surface area contributed by atoms with Crippen molar-refractivity contribution in [2.45, 2.75) is 58.2 Å². The van der Waals surface area contributed by atoms with Crippen LogP contribution in [0.15, 0.2) is 29.3 Å². The standard InChI is InChI=1S/C23H38N4O2/c1-2-24-23(25-12-3-15-29-18-21-8-9-21)26-16-19-4-6-20(7-5-19)17-27-13-10-22(28)11-14-27/h4-7,21-22,28H,2-3,8-18H2,1H3,(H2,24,25,26). The Morgan fingerprint density at radius 3 is 2.52 bits per heavy atom. The monoisotopic (exact) mass is 402 g/mol. The summed E-state index contributed by atoms with van der Waals surface area (Å²) in [5.74, 6) is 1.70. The number of aliphatic hydroxyl groups is 1. The van der Waals surface area contributed by atoms with E-state index in [0.29, 0.717) is 6.54 Å². The van der Waals surface area contributed by atoms with Crippen molar-refractivity contribution in [3.05, 3.63) is 35.4 Å². The van der Waals surface area contributed by atoms with Crippen molar-refractivity contribution in [2.75, 3.05) is 39.4 Å². The van der Waals surface area contributed by atoms with Gasteiger partial charge in [0.05, 0.1) is 12.6 Å². The molecule has 1 aliphatic heterocycles. The summed E-state index contributed by atoms with van der Waals surface area (Å²) in [6, 6.07) is 8.75. The van der Waals surface area contributed by atoms with Crippen molar-refractivity contribution in [1.82, 2.24) is 15.5 Å². The van der Waals surface area contributed by atoms with Crippen LogP contribution < -0.4 is 10.6 Å². The highest BCUT2D eigenvalue weighted by atomic mass is 16.5. The lowest BCUT2D eigenvalue weighted by Gasteiger charge is -2.29. The maximum Gasteiger partial charge on any atom is 0.191 e. The van der Waals surface area contributed by atoms with E-state index in [4.69, 9.17) is 9.73 Å². The van der Waals surface area contributed by atoms with Crippen molar-refractivity contribution in [3.63, 3.8) is 0 Å². The molecule has 0 unspecified atom stereocenters. The number of aliphatic hydroxyl groups excluding tert-OH is 1. The van der Waals surface area contributed by atoms with Gasteiger partial charge in [0.2, 0.25) is 0 Å². The summed E-state index contributed by atoms with van der Waals surface area (Å²) in [5, 5.41) is 16.3. The average molecular weight is 403 g/mol. The molecule has 1 saturated carbocycles. The van der Waals surface area contributed by atoms with Gasteiger partial charge in [-0.1, -0.05) is 24.3 Å². The van der Waals surface area contributed by atoms with Crippen molar-refractivity contribution in [3.8, 4) is 0 Å². The number of piperidine rings is 1. The number of nitrogens with one attached hydrogen (secondary N) is 2. The topological polar surface area (TPSA) is 69.1 Å². The molecule has 2 fully saturated rings. The normalized spacial score (nSPS) is 18.8. The van der Waals surface area contributed by atoms with Crippen molar-refractivity contribution >= 4 is 5.96 Å². The molecular formula is C23H38N4O2. The minimum absolute atomic E-state index is 0.110. The van der Waals surface area contributed by atoms with E-state index in [9.17, 15) is 5.11 Å². The maximum absolute atomic E-state index is 9.63. The largest absolute Gasteiger partial charge is 0.393 e. The zero-order valence-corrected chi connectivity index (χ0v) is 17.9. The molecule has 0 atom stereocenters. The van der Waals surface area contributed by atoms with Gasteiger partial charge in [0.25, 0.3) is 0 Å². The van der Waals surface area contributed by atoms with Crippen molar-refractivity contribution in [1.29, 1.82) is 0 Å². The predicted octanol–water partition coefficient (Wildman–Crippen LogP) is 2.52. The first-order valence-electron chi connectivity index (χ1n) is 11.3. The van der Waals surface area contributed by atoms with Crippen LogP contribution in [0.1, 0.15) is 50.2 Å². The first-order valence-corrected chi connectivity index (χ1v) is 11.3. The lowest BCUT2D eigenvalue weighted by molar-refractivity contribution is 0.0792. The predicted molar refractivity (Wildman–Crippen MR) is 118 cm³/mol. The average Bonchev–Trinajstić information content (AvgIpc) is 3.56. The fourth-order valence-electron chi connectivity index (χ4n) is 3.51. The van der Waals surface area contributed by atoms with Crippen molar-refractivity contribution < 1.29 is 9.84 Å². The number of guanidine groups is 1. The first-order chi connectivity index (χ1) is 14.2. The van der Waals surface area contributed by atoms with Gasteiger partial charge in [0.1, 0.15) is 0 Å². The highest BCUT2D eigenvalue weighted by Gasteiger charge is 2.20. The molecule has 162 valence electrons. The number of hydrogen-bond acceptors (Lipinski definition) is 4. The van der Waals surface area contributed by atoms with Gasteiger partial charge in [-0.05, 0) is 56.1 Å². The van der Waals surface area contributed by atoms with Crippen LogP contribution >= 0.6 is 0 Å². The van der Waals surface area contributed by atoms with Crippen LogP contribution in [0.4, 0.5) is 0 Å². The second kappa shape index (κ2) is 12.2.